The number of hydrogen-bond acceptors (Lipinski definition) is 2. The fourth-order valence-electron chi connectivity index (χ4n) is 1.52. The molecule has 16 heavy (non-hydrogen) atoms. The average Bonchev–Trinajstić information content (AvgIpc) is 2.38. The third-order valence-electron chi connectivity index (χ3n) is 2.42. The fraction of sp³-hybridized carbons (Fsp3) is 0.214. The summed E-state index contributed by atoms with van der Waals surface area (Å²) in [6, 6.07) is 9.75. The number of ether oxygens (including phenoxy) is 1. The van der Waals surface area contributed by atoms with Gasteiger partial charge in [-0.2, -0.15) is 0 Å². The van der Waals surface area contributed by atoms with Crippen molar-refractivity contribution in [2.24, 2.45) is 0 Å². The van der Waals surface area contributed by atoms with Gasteiger partial charge >= 0.3 is 0 Å². The molecule has 0 bridgehead atoms. The molecule has 80 valence electrons. The van der Waals surface area contributed by atoms with Crippen LogP contribution in [0.15, 0.2) is 41.5 Å². The molecular formula is C14H12O2. The van der Waals surface area contributed by atoms with Gasteiger partial charge in [0, 0.05) is 23.1 Å². The molecule has 0 fully saturated rings. The molecule has 0 unspecified atom stereocenters. The topological polar surface area (TPSA) is 26.3 Å². The van der Waals surface area contributed by atoms with Crippen molar-refractivity contribution in [2.45, 2.75) is 6.42 Å². The zero-order valence-electron chi connectivity index (χ0n) is 8.90. The van der Waals surface area contributed by atoms with Crippen LogP contribution in [0.3, 0.4) is 0 Å². The van der Waals surface area contributed by atoms with Crippen LogP contribution in [-0.4, -0.2) is 19.5 Å². The molecule has 0 saturated carbocycles. The fourth-order valence-corrected chi connectivity index (χ4v) is 1.52. The molecule has 2 heteroatoms. The van der Waals surface area contributed by atoms with E-state index in [1.54, 1.807) is 0 Å². The van der Waals surface area contributed by atoms with E-state index < -0.39 is 0 Å². The van der Waals surface area contributed by atoms with Gasteiger partial charge in [-0.1, -0.05) is 30.0 Å². The van der Waals surface area contributed by atoms with Gasteiger partial charge in [-0.05, 0) is 12.1 Å². The largest absolute Gasteiger partial charge is 0.376 e. The Morgan fingerprint density at radius 3 is 2.75 bits per heavy atom. The SMILES string of the molecule is O=CC1=C(C#Cc2ccccc2)CCOC1. The van der Waals surface area contributed by atoms with Gasteiger partial charge in [-0.15, -0.1) is 0 Å². The molecule has 1 aromatic carbocycles. The second-order valence-electron chi connectivity index (χ2n) is 3.54. The third-order valence-corrected chi connectivity index (χ3v) is 2.42. The standard InChI is InChI=1S/C14H12O2/c15-10-14-11-16-9-8-13(14)7-6-12-4-2-1-3-5-12/h1-5,10H,8-9,11H2. The van der Waals surface area contributed by atoms with Gasteiger partial charge in [0.25, 0.3) is 0 Å². The smallest absolute Gasteiger partial charge is 0.149 e. The maximum Gasteiger partial charge on any atom is 0.149 e. The van der Waals surface area contributed by atoms with Crippen molar-refractivity contribution in [1.29, 1.82) is 0 Å². The first-order valence-electron chi connectivity index (χ1n) is 5.22. The van der Waals surface area contributed by atoms with E-state index in [2.05, 4.69) is 11.8 Å². The lowest BCUT2D eigenvalue weighted by Crippen LogP contribution is -2.11. The lowest BCUT2D eigenvalue weighted by Gasteiger charge is -2.12. The van der Waals surface area contributed by atoms with Crippen molar-refractivity contribution < 1.29 is 9.53 Å². The first-order valence-corrected chi connectivity index (χ1v) is 5.22. The van der Waals surface area contributed by atoms with E-state index in [1.165, 1.54) is 0 Å². The van der Waals surface area contributed by atoms with Crippen molar-refractivity contribution in [3.63, 3.8) is 0 Å². The molecule has 0 atom stereocenters. The highest BCUT2D eigenvalue weighted by atomic mass is 16.5. The number of carbonyl (C=O) groups excluding carboxylic acids is 1. The minimum absolute atomic E-state index is 0.391. The Labute approximate surface area is 94.9 Å². The average molecular weight is 212 g/mol. The number of benzene rings is 1. The van der Waals surface area contributed by atoms with Gasteiger partial charge in [-0.25, -0.2) is 0 Å². The highest BCUT2D eigenvalue weighted by Crippen LogP contribution is 2.13. The van der Waals surface area contributed by atoms with Crippen LogP contribution < -0.4 is 0 Å². The molecule has 0 aromatic heterocycles. The Hall–Kier alpha value is -1.85. The Kier molecular flexibility index (Phi) is 3.53. The van der Waals surface area contributed by atoms with E-state index in [1.807, 2.05) is 30.3 Å². The normalized spacial score (nSPS) is 15.2. The van der Waals surface area contributed by atoms with Crippen LogP contribution >= 0.6 is 0 Å². The lowest BCUT2D eigenvalue weighted by atomic mass is 10.0. The van der Waals surface area contributed by atoms with Crippen LogP contribution in [-0.2, 0) is 9.53 Å². The Morgan fingerprint density at radius 2 is 2.00 bits per heavy atom. The molecule has 0 spiro atoms. The van der Waals surface area contributed by atoms with Crippen LogP contribution in [0.4, 0.5) is 0 Å². The maximum absolute atomic E-state index is 10.8. The predicted octanol–water partition coefficient (Wildman–Crippen LogP) is 1.95. The van der Waals surface area contributed by atoms with E-state index in [9.17, 15) is 4.79 Å². The highest BCUT2D eigenvalue weighted by Gasteiger charge is 2.09. The molecule has 2 nitrogen and oxygen atoms in total. The van der Waals surface area contributed by atoms with Gasteiger partial charge in [0.15, 0.2) is 0 Å². The minimum Gasteiger partial charge on any atom is -0.376 e. The maximum atomic E-state index is 10.8. The van der Waals surface area contributed by atoms with E-state index in [4.69, 9.17) is 4.74 Å². The van der Waals surface area contributed by atoms with Crippen LogP contribution in [0.2, 0.25) is 0 Å². The summed E-state index contributed by atoms with van der Waals surface area (Å²) in [5.74, 6) is 6.11. The number of aldehydes is 1. The monoisotopic (exact) mass is 212 g/mol. The Morgan fingerprint density at radius 1 is 1.19 bits per heavy atom. The van der Waals surface area contributed by atoms with Crippen molar-refractivity contribution in [3.05, 3.63) is 47.0 Å². The summed E-state index contributed by atoms with van der Waals surface area (Å²) in [7, 11) is 0. The second kappa shape index (κ2) is 5.29. The van der Waals surface area contributed by atoms with Gasteiger partial charge in [0.05, 0.1) is 13.2 Å². The quantitative estimate of drug-likeness (QED) is 0.525. The molecule has 1 heterocycles. The number of carbonyl (C=O) groups is 1. The highest BCUT2D eigenvalue weighted by molar-refractivity contribution is 5.77. The van der Waals surface area contributed by atoms with Crippen LogP contribution in [0.5, 0.6) is 0 Å². The molecular weight excluding hydrogens is 200 g/mol. The Bertz CT molecular complexity index is 461. The molecule has 0 N–H and O–H groups in total. The molecule has 0 amide bonds. The third kappa shape index (κ3) is 2.59. The van der Waals surface area contributed by atoms with Crippen molar-refractivity contribution in [2.75, 3.05) is 13.2 Å². The molecule has 0 radical (unpaired) electrons. The summed E-state index contributed by atoms with van der Waals surface area (Å²) in [5.41, 5.74) is 2.55. The molecule has 0 aliphatic carbocycles. The van der Waals surface area contributed by atoms with Crippen LogP contribution in [0.25, 0.3) is 0 Å². The van der Waals surface area contributed by atoms with Crippen LogP contribution in [0, 0.1) is 11.8 Å². The minimum atomic E-state index is 0.391. The van der Waals surface area contributed by atoms with Gasteiger partial charge in [0.1, 0.15) is 6.29 Å². The number of rotatable bonds is 1. The molecule has 1 aliphatic heterocycles. The molecule has 0 saturated heterocycles. The second-order valence-corrected chi connectivity index (χ2v) is 3.54. The lowest BCUT2D eigenvalue weighted by molar-refractivity contribution is -0.105. The van der Waals surface area contributed by atoms with E-state index >= 15 is 0 Å². The van der Waals surface area contributed by atoms with Gasteiger partial charge in [-0.3, -0.25) is 4.79 Å². The summed E-state index contributed by atoms with van der Waals surface area (Å²) >= 11 is 0. The summed E-state index contributed by atoms with van der Waals surface area (Å²) in [6.45, 7) is 1.04. The van der Waals surface area contributed by atoms with Crippen molar-refractivity contribution in [1.82, 2.24) is 0 Å². The number of hydrogen-bond donors (Lipinski definition) is 0. The van der Waals surface area contributed by atoms with E-state index in [0.29, 0.717) is 18.8 Å². The first-order chi connectivity index (χ1) is 7.90. The van der Waals surface area contributed by atoms with E-state index in [0.717, 1.165) is 23.8 Å². The van der Waals surface area contributed by atoms with E-state index in [-0.39, 0.29) is 0 Å². The predicted molar refractivity (Wildman–Crippen MR) is 61.8 cm³/mol. The van der Waals surface area contributed by atoms with Gasteiger partial charge in [0.2, 0.25) is 0 Å². The Balaban J connectivity index is 2.24. The first kappa shape index (κ1) is 10.7. The zero-order valence-corrected chi connectivity index (χ0v) is 8.90. The summed E-state index contributed by atoms with van der Waals surface area (Å²) in [6.07, 6.45) is 1.57. The van der Waals surface area contributed by atoms with Gasteiger partial charge < -0.3 is 4.74 Å². The molecule has 1 aromatic rings. The van der Waals surface area contributed by atoms with Crippen molar-refractivity contribution in [3.8, 4) is 11.8 Å². The summed E-state index contributed by atoms with van der Waals surface area (Å²) in [5, 5.41) is 0. The van der Waals surface area contributed by atoms with Crippen LogP contribution in [0.1, 0.15) is 12.0 Å². The summed E-state index contributed by atoms with van der Waals surface area (Å²) < 4.78 is 5.20. The zero-order chi connectivity index (χ0) is 11.2. The molecule has 1 aliphatic rings. The summed E-state index contributed by atoms with van der Waals surface area (Å²) in [4.78, 5) is 10.8. The van der Waals surface area contributed by atoms with Crippen molar-refractivity contribution >= 4 is 6.29 Å². The molecule has 2 rings (SSSR count).